The average molecular weight is 600 g/mol. The van der Waals surface area contributed by atoms with Crippen LogP contribution in [0, 0.1) is 11.7 Å². The molecule has 4 aromatic rings. The highest BCUT2D eigenvalue weighted by Gasteiger charge is 2.35. The molecule has 0 radical (unpaired) electrons. The Morgan fingerprint density at radius 2 is 1.91 bits per heavy atom. The first-order valence-electron chi connectivity index (χ1n) is 14.8. The Morgan fingerprint density at radius 3 is 2.70 bits per heavy atom. The number of carbonyl (C=O) groups is 2. The normalized spacial score (nSPS) is 17.7. The molecule has 3 aromatic carbocycles. The highest BCUT2D eigenvalue weighted by atomic mass is 35.5. The number of hydrogen-bond acceptors (Lipinski definition) is 4. The number of nitrogens with one attached hydrogen (secondary N) is 1. The highest BCUT2D eigenvalue weighted by molar-refractivity contribution is 6.31. The van der Waals surface area contributed by atoms with Crippen LogP contribution < -0.4 is 10.1 Å². The van der Waals surface area contributed by atoms with Crippen molar-refractivity contribution >= 4 is 34.2 Å². The lowest BCUT2D eigenvalue weighted by Gasteiger charge is -2.38. The number of aromatic nitrogens is 1. The largest absolute Gasteiger partial charge is 0.495 e. The Bertz CT molecular complexity index is 1700. The fraction of sp³-hybridized carbons (Fsp3) is 0.314. The van der Waals surface area contributed by atoms with E-state index >= 15 is 0 Å². The lowest BCUT2D eigenvalue weighted by atomic mass is 9.86. The number of piperidine rings is 1. The van der Waals surface area contributed by atoms with Crippen LogP contribution in [0.25, 0.3) is 10.9 Å². The third kappa shape index (κ3) is 6.32. The number of nitrogens with zero attached hydrogens (tertiary/aromatic N) is 2. The number of aryl methyl sites for hydroxylation is 1. The van der Waals surface area contributed by atoms with Crippen molar-refractivity contribution < 1.29 is 18.7 Å². The van der Waals surface area contributed by atoms with Crippen molar-refractivity contribution in [3.05, 3.63) is 112 Å². The molecule has 1 aromatic heterocycles. The molecule has 1 fully saturated rings. The van der Waals surface area contributed by atoms with E-state index in [-0.39, 0.29) is 24.1 Å². The van der Waals surface area contributed by atoms with Gasteiger partial charge >= 0.3 is 0 Å². The predicted octanol–water partition coefficient (Wildman–Crippen LogP) is 7.40. The molecule has 1 N–H and O–H groups in total. The highest BCUT2D eigenvalue weighted by Crippen LogP contribution is 2.40. The standard InChI is InChI=1S/C35H35ClFN3O3/c1-43-33-11-4-10-30-31(35(42)38-21-23-6-2-9-27(37)16-23)22-39(34(30)33)14-5-15-40-28-12-13-29(40)18-24(17-28)19-32(41)25-7-3-8-26(36)20-25/h2-4,6-12,16,20,22,24,29H,5,13-15,17-19,21H2,1H3,(H,38,42)/t24-,29-/m1/s1. The zero-order valence-electron chi connectivity index (χ0n) is 24.2. The Morgan fingerprint density at radius 1 is 1.07 bits per heavy atom. The summed E-state index contributed by atoms with van der Waals surface area (Å²) in [7, 11) is 1.64. The van der Waals surface area contributed by atoms with Gasteiger partial charge in [0.25, 0.3) is 5.91 Å². The van der Waals surface area contributed by atoms with Gasteiger partial charge in [-0.1, -0.05) is 54.1 Å². The van der Waals surface area contributed by atoms with Gasteiger partial charge in [-0.25, -0.2) is 4.39 Å². The molecule has 1 amide bonds. The minimum atomic E-state index is -0.326. The van der Waals surface area contributed by atoms with E-state index in [1.54, 1.807) is 31.4 Å². The Balaban J connectivity index is 1.10. The molecule has 43 heavy (non-hydrogen) atoms. The van der Waals surface area contributed by atoms with Gasteiger partial charge in [0, 0.05) is 60.0 Å². The molecule has 2 atom stereocenters. The number of Topliss-reactive ketones (excluding diaryl/α,β-unsaturated/α-hetero) is 1. The van der Waals surface area contributed by atoms with E-state index in [1.165, 1.54) is 17.8 Å². The number of para-hydroxylation sites is 1. The zero-order chi connectivity index (χ0) is 29.9. The van der Waals surface area contributed by atoms with Crippen molar-refractivity contribution in [2.24, 2.45) is 5.92 Å². The van der Waals surface area contributed by atoms with Crippen molar-refractivity contribution in [2.75, 3.05) is 13.7 Å². The summed E-state index contributed by atoms with van der Waals surface area (Å²) < 4.78 is 21.4. The van der Waals surface area contributed by atoms with E-state index in [1.807, 2.05) is 36.5 Å². The van der Waals surface area contributed by atoms with Gasteiger partial charge < -0.3 is 19.5 Å². The summed E-state index contributed by atoms with van der Waals surface area (Å²) in [5.41, 5.74) is 4.19. The van der Waals surface area contributed by atoms with E-state index in [0.717, 1.165) is 55.4 Å². The number of ether oxygens (including phenoxy) is 1. The van der Waals surface area contributed by atoms with Crippen LogP contribution in [0.15, 0.2) is 84.7 Å². The maximum Gasteiger partial charge on any atom is 0.253 e. The number of rotatable bonds is 11. The summed E-state index contributed by atoms with van der Waals surface area (Å²) in [6.45, 7) is 1.87. The first kappa shape index (κ1) is 29.0. The van der Waals surface area contributed by atoms with Gasteiger partial charge in [0.15, 0.2) is 5.78 Å². The minimum Gasteiger partial charge on any atom is -0.495 e. The number of ketones is 1. The minimum absolute atomic E-state index is 0.158. The van der Waals surface area contributed by atoms with Crippen molar-refractivity contribution in [1.82, 2.24) is 14.8 Å². The Hall–Kier alpha value is -4.10. The Kier molecular flexibility index (Phi) is 8.52. The van der Waals surface area contributed by atoms with Gasteiger partial charge in [-0.15, -0.1) is 0 Å². The number of hydrogen-bond donors (Lipinski definition) is 1. The third-order valence-corrected chi connectivity index (χ3v) is 8.86. The first-order valence-corrected chi connectivity index (χ1v) is 15.2. The van der Waals surface area contributed by atoms with Gasteiger partial charge in [0.1, 0.15) is 11.6 Å². The van der Waals surface area contributed by atoms with Gasteiger partial charge in [-0.3, -0.25) is 9.59 Å². The molecular formula is C35H35ClFN3O3. The molecule has 222 valence electrons. The van der Waals surface area contributed by atoms with E-state index in [2.05, 4.69) is 20.9 Å². The molecule has 0 saturated carbocycles. The fourth-order valence-electron chi connectivity index (χ4n) is 6.65. The van der Waals surface area contributed by atoms with Crippen LogP contribution in [0.4, 0.5) is 4.39 Å². The van der Waals surface area contributed by atoms with E-state index < -0.39 is 0 Å². The van der Waals surface area contributed by atoms with E-state index in [4.69, 9.17) is 16.3 Å². The predicted molar refractivity (Wildman–Crippen MR) is 167 cm³/mol. The summed E-state index contributed by atoms with van der Waals surface area (Å²) in [6.07, 6.45) is 8.61. The average Bonchev–Trinajstić information content (AvgIpc) is 3.49. The number of amides is 1. The van der Waals surface area contributed by atoms with E-state index in [0.29, 0.717) is 40.1 Å². The Labute approximate surface area is 256 Å². The van der Waals surface area contributed by atoms with Crippen LogP contribution in [0.3, 0.4) is 0 Å². The maximum absolute atomic E-state index is 13.6. The molecule has 6 rings (SSSR count). The molecule has 1 saturated heterocycles. The van der Waals surface area contributed by atoms with Crippen molar-refractivity contribution in [1.29, 1.82) is 0 Å². The number of methoxy groups -OCH3 is 1. The second kappa shape index (κ2) is 12.6. The van der Waals surface area contributed by atoms with Crippen LogP contribution in [-0.2, 0) is 13.1 Å². The van der Waals surface area contributed by atoms with Crippen LogP contribution in [0.5, 0.6) is 5.75 Å². The summed E-state index contributed by atoms with van der Waals surface area (Å²) in [6, 6.07) is 19.6. The summed E-state index contributed by atoms with van der Waals surface area (Å²) in [4.78, 5) is 28.7. The lowest BCUT2D eigenvalue weighted by Crippen LogP contribution is -2.38. The summed E-state index contributed by atoms with van der Waals surface area (Å²) in [5, 5.41) is 4.35. The molecular weight excluding hydrogens is 565 g/mol. The SMILES string of the molecule is COc1cccc2c(C(=O)NCc3cccc(F)c3)cn(CCCN3C4=CC[C@@H]3C[C@H](CC(=O)c3cccc(Cl)c3)C4)c12. The van der Waals surface area contributed by atoms with Gasteiger partial charge in [0.2, 0.25) is 0 Å². The molecule has 2 aliphatic rings. The van der Waals surface area contributed by atoms with Crippen molar-refractivity contribution in [3.8, 4) is 5.75 Å². The molecule has 2 bridgehead atoms. The summed E-state index contributed by atoms with van der Waals surface area (Å²) in [5.74, 6) is 0.679. The van der Waals surface area contributed by atoms with Crippen LogP contribution >= 0.6 is 11.6 Å². The molecule has 8 heteroatoms. The van der Waals surface area contributed by atoms with Gasteiger partial charge in [0.05, 0.1) is 18.2 Å². The number of allylic oxidation sites excluding steroid dienone is 1. The fourth-order valence-corrected chi connectivity index (χ4v) is 6.84. The van der Waals surface area contributed by atoms with E-state index in [9.17, 15) is 14.0 Å². The monoisotopic (exact) mass is 599 g/mol. The van der Waals surface area contributed by atoms with Gasteiger partial charge in [-0.05, 0) is 67.5 Å². The second-order valence-electron chi connectivity index (χ2n) is 11.5. The number of benzene rings is 3. The molecule has 3 heterocycles. The maximum atomic E-state index is 13.6. The molecule has 0 aliphatic carbocycles. The first-order chi connectivity index (χ1) is 20.9. The lowest BCUT2D eigenvalue weighted by molar-refractivity contribution is 0.0927. The second-order valence-corrected chi connectivity index (χ2v) is 11.9. The third-order valence-electron chi connectivity index (χ3n) is 8.63. The van der Waals surface area contributed by atoms with Crippen molar-refractivity contribution in [3.63, 3.8) is 0 Å². The smallest absolute Gasteiger partial charge is 0.253 e. The van der Waals surface area contributed by atoms with Crippen molar-refractivity contribution in [2.45, 2.75) is 51.2 Å². The summed E-state index contributed by atoms with van der Waals surface area (Å²) >= 11 is 6.10. The van der Waals surface area contributed by atoms with Crippen LogP contribution in [-0.4, -0.2) is 40.9 Å². The number of carbonyl (C=O) groups excluding carboxylic acids is 2. The van der Waals surface area contributed by atoms with Gasteiger partial charge in [-0.2, -0.15) is 0 Å². The van der Waals surface area contributed by atoms with Crippen LogP contribution in [0.1, 0.15) is 58.4 Å². The number of halogens is 2. The quantitative estimate of drug-likeness (QED) is 0.182. The zero-order valence-corrected chi connectivity index (χ0v) is 24.9. The molecule has 2 aliphatic heterocycles. The molecule has 6 nitrogen and oxygen atoms in total. The number of fused-ring (bicyclic) bond motifs is 3. The topological polar surface area (TPSA) is 63.6 Å². The molecule has 0 unspecified atom stereocenters. The molecule has 0 spiro atoms. The van der Waals surface area contributed by atoms with Crippen LogP contribution in [0.2, 0.25) is 5.02 Å².